The second kappa shape index (κ2) is 57.9. The molecule has 0 spiro atoms. The molecule has 68 heavy (non-hydrogen) atoms. The highest BCUT2D eigenvalue weighted by atomic mass is 16.5. The third kappa shape index (κ3) is 53.7. The van der Waals surface area contributed by atoms with Crippen molar-refractivity contribution in [3.63, 3.8) is 0 Å². The zero-order valence-corrected chi connectivity index (χ0v) is 45.9. The van der Waals surface area contributed by atoms with Crippen molar-refractivity contribution >= 4 is 11.9 Å². The van der Waals surface area contributed by atoms with Crippen molar-refractivity contribution in [3.05, 3.63) is 24.3 Å². The molecule has 0 aliphatic carbocycles. The Labute approximate surface area is 424 Å². The van der Waals surface area contributed by atoms with Crippen LogP contribution in [0.1, 0.15) is 335 Å². The maximum absolute atomic E-state index is 12.4. The summed E-state index contributed by atoms with van der Waals surface area (Å²) in [5.41, 5.74) is 0. The Morgan fingerprint density at radius 1 is 0.412 bits per heavy atom. The van der Waals surface area contributed by atoms with Gasteiger partial charge in [0.15, 0.2) is 0 Å². The topological polar surface area (TPSA) is 95.9 Å². The highest BCUT2D eigenvalue weighted by Gasteiger charge is 2.20. The molecule has 6 heteroatoms. The normalized spacial score (nSPS) is 12.7. The molecular weight excluding hydrogens is 839 g/mol. The van der Waals surface area contributed by atoms with Gasteiger partial charge >= 0.3 is 5.97 Å². The largest absolute Gasteiger partial charge is 0.466 e. The van der Waals surface area contributed by atoms with Crippen LogP contribution in [0, 0.1) is 0 Å². The van der Waals surface area contributed by atoms with Gasteiger partial charge in [0, 0.05) is 12.8 Å². The second-order valence-corrected chi connectivity index (χ2v) is 21.0. The molecule has 0 heterocycles. The molecule has 0 aromatic heterocycles. The Kier molecular flexibility index (Phi) is 56.5. The van der Waals surface area contributed by atoms with Gasteiger partial charge in [-0.3, -0.25) is 9.59 Å². The molecule has 0 saturated heterocycles. The molecule has 0 bridgehead atoms. The number of hydrogen-bond donors (Lipinski definition) is 3. The molecule has 2 unspecified atom stereocenters. The van der Waals surface area contributed by atoms with Gasteiger partial charge in [-0.15, -0.1) is 0 Å². The lowest BCUT2D eigenvalue weighted by molar-refractivity contribution is -0.143. The molecule has 0 saturated carbocycles. The van der Waals surface area contributed by atoms with Gasteiger partial charge in [-0.1, -0.05) is 289 Å². The number of carbonyl (C=O) groups excluding carboxylic acids is 2. The monoisotopic (exact) mass is 958 g/mol. The van der Waals surface area contributed by atoms with Crippen molar-refractivity contribution in [2.24, 2.45) is 0 Å². The van der Waals surface area contributed by atoms with Crippen molar-refractivity contribution in [1.82, 2.24) is 5.32 Å². The molecule has 0 rings (SSSR count). The second-order valence-electron chi connectivity index (χ2n) is 21.0. The number of allylic oxidation sites excluding steroid dienone is 4. The average molecular weight is 959 g/mol. The number of unbranched alkanes of at least 4 members (excludes halogenated alkanes) is 42. The molecule has 2 atom stereocenters. The summed E-state index contributed by atoms with van der Waals surface area (Å²) in [6.07, 6.45) is 70.6. The van der Waals surface area contributed by atoms with Crippen molar-refractivity contribution in [2.75, 3.05) is 13.2 Å². The number of aliphatic hydroxyl groups excluding tert-OH is 2. The number of carbonyl (C=O) groups is 2. The fourth-order valence-corrected chi connectivity index (χ4v) is 9.55. The molecule has 0 aromatic carbocycles. The lowest BCUT2D eigenvalue weighted by Crippen LogP contribution is -2.45. The number of amides is 1. The molecular formula is C62H119NO5. The van der Waals surface area contributed by atoms with Crippen LogP contribution >= 0.6 is 0 Å². The van der Waals surface area contributed by atoms with E-state index in [-0.39, 0.29) is 18.5 Å². The van der Waals surface area contributed by atoms with Gasteiger partial charge in [-0.2, -0.15) is 0 Å². The number of esters is 1. The van der Waals surface area contributed by atoms with E-state index in [9.17, 15) is 19.8 Å². The molecule has 0 aromatic rings. The summed E-state index contributed by atoms with van der Waals surface area (Å²) < 4.78 is 5.48. The Balaban J connectivity index is 3.32. The predicted octanol–water partition coefficient (Wildman–Crippen LogP) is 19.0. The van der Waals surface area contributed by atoms with Crippen molar-refractivity contribution < 1.29 is 24.5 Å². The molecule has 3 N–H and O–H groups in total. The van der Waals surface area contributed by atoms with Crippen LogP contribution in [0.3, 0.4) is 0 Å². The summed E-state index contributed by atoms with van der Waals surface area (Å²) >= 11 is 0. The smallest absolute Gasteiger partial charge is 0.305 e. The standard InChI is InChI=1S/C62H119NO5/c1-3-5-7-9-11-13-14-15-29-33-36-40-44-48-52-56-62(67)68-57-53-49-45-41-37-34-31-28-26-24-22-20-18-16-17-19-21-23-25-27-30-32-35-39-43-47-51-55-61(66)63-59(58-64)60(65)54-50-46-42-38-12-10-8-6-4-2/h11,13,15,29,59-60,64-65H,3-10,12,14,16-28,30-58H2,1-2H3,(H,63,66)/b13-11-,29-15-. The van der Waals surface area contributed by atoms with Gasteiger partial charge < -0.3 is 20.3 Å². The van der Waals surface area contributed by atoms with Crippen LogP contribution in [0.5, 0.6) is 0 Å². The highest BCUT2D eigenvalue weighted by Crippen LogP contribution is 2.18. The van der Waals surface area contributed by atoms with Gasteiger partial charge in [0.25, 0.3) is 0 Å². The van der Waals surface area contributed by atoms with E-state index >= 15 is 0 Å². The van der Waals surface area contributed by atoms with Crippen molar-refractivity contribution in [1.29, 1.82) is 0 Å². The lowest BCUT2D eigenvalue weighted by atomic mass is 10.0. The van der Waals surface area contributed by atoms with E-state index in [1.54, 1.807) is 0 Å². The van der Waals surface area contributed by atoms with Crippen LogP contribution in [0.15, 0.2) is 24.3 Å². The van der Waals surface area contributed by atoms with Gasteiger partial charge in [0.05, 0.1) is 25.4 Å². The Morgan fingerprint density at radius 2 is 0.735 bits per heavy atom. The fraction of sp³-hybridized carbons (Fsp3) is 0.903. The van der Waals surface area contributed by atoms with E-state index in [4.69, 9.17) is 4.74 Å². The minimum absolute atomic E-state index is 0.00409. The maximum atomic E-state index is 12.4. The van der Waals surface area contributed by atoms with Gasteiger partial charge in [-0.05, 0) is 57.8 Å². The average Bonchev–Trinajstić information content (AvgIpc) is 3.34. The summed E-state index contributed by atoms with van der Waals surface area (Å²) in [6, 6.07) is -0.537. The summed E-state index contributed by atoms with van der Waals surface area (Å²) in [7, 11) is 0. The molecule has 0 aliphatic rings. The van der Waals surface area contributed by atoms with Crippen LogP contribution in [-0.2, 0) is 14.3 Å². The summed E-state index contributed by atoms with van der Waals surface area (Å²) in [5, 5.41) is 23.1. The number of hydrogen-bond acceptors (Lipinski definition) is 5. The first-order chi connectivity index (χ1) is 33.5. The highest BCUT2D eigenvalue weighted by molar-refractivity contribution is 5.76. The van der Waals surface area contributed by atoms with Gasteiger partial charge in [0.2, 0.25) is 5.91 Å². The van der Waals surface area contributed by atoms with E-state index in [2.05, 4.69) is 43.5 Å². The first kappa shape index (κ1) is 66.3. The number of rotatable bonds is 57. The Morgan fingerprint density at radius 3 is 1.15 bits per heavy atom. The summed E-state index contributed by atoms with van der Waals surface area (Å²) in [4.78, 5) is 24.5. The minimum atomic E-state index is -0.659. The van der Waals surface area contributed by atoms with E-state index in [0.29, 0.717) is 25.9 Å². The number of nitrogens with one attached hydrogen (secondary N) is 1. The lowest BCUT2D eigenvalue weighted by Gasteiger charge is -2.22. The van der Waals surface area contributed by atoms with Crippen molar-refractivity contribution in [3.8, 4) is 0 Å². The zero-order chi connectivity index (χ0) is 49.3. The molecule has 1 amide bonds. The van der Waals surface area contributed by atoms with Gasteiger partial charge in [0.1, 0.15) is 0 Å². The van der Waals surface area contributed by atoms with Gasteiger partial charge in [-0.25, -0.2) is 0 Å². The van der Waals surface area contributed by atoms with E-state index in [1.807, 2.05) is 0 Å². The first-order valence-electron chi connectivity index (χ1n) is 30.6. The zero-order valence-electron chi connectivity index (χ0n) is 45.9. The SMILES string of the molecule is CCCCC/C=C\C/C=C\CCCCCCCC(=O)OCCCCCCCCCCCCCCCCCCCCCCCCCCCCCC(=O)NC(CO)C(O)CCCCCCCCCCC. The minimum Gasteiger partial charge on any atom is -0.466 e. The maximum Gasteiger partial charge on any atom is 0.305 e. The van der Waals surface area contributed by atoms with Crippen LogP contribution in [0.25, 0.3) is 0 Å². The Hall–Kier alpha value is -1.66. The molecule has 0 aliphatic heterocycles. The van der Waals surface area contributed by atoms with Crippen LogP contribution in [0.2, 0.25) is 0 Å². The molecule has 0 radical (unpaired) electrons. The van der Waals surface area contributed by atoms with Crippen molar-refractivity contribution in [2.45, 2.75) is 347 Å². The molecule has 0 fully saturated rings. The summed E-state index contributed by atoms with van der Waals surface area (Å²) in [5.74, 6) is -0.0297. The third-order valence-electron chi connectivity index (χ3n) is 14.3. The van der Waals surface area contributed by atoms with Crippen LogP contribution < -0.4 is 5.32 Å². The number of ether oxygens (including phenoxy) is 1. The molecule has 6 nitrogen and oxygen atoms in total. The quantitative estimate of drug-likeness (QED) is 0.0321. The van der Waals surface area contributed by atoms with E-state index in [0.717, 1.165) is 51.4 Å². The fourth-order valence-electron chi connectivity index (χ4n) is 9.55. The first-order valence-corrected chi connectivity index (χ1v) is 30.6. The summed E-state index contributed by atoms with van der Waals surface area (Å²) in [6.45, 7) is 4.91. The van der Waals surface area contributed by atoms with Crippen LogP contribution in [0.4, 0.5) is 0 Å². The van der Waals surface area contributed by atoms with E-state index < -0.39 is 12.1 Å². The van der Waals surface area contributed by atoms with Crippen LogP contribution in [-0.4, -0.2) is 47.4 Å². The van der Waals surface area contributed by atoms with E-state index in [1.165, 1.54) is 250 Å². The predicted molar refractivity (Wildman–Crippen MR) is 296 cm³/mol. The number of aliphatic hydroxyl groups is 2. The molecule has 402 valence electrons. The third-order valence-corrected chi connectivity index (χ3v) is 14.3. The Bertz CT molecular complexity index is 1060.